The molecule has 0 unspecified atom stereocenters. The first-order valence-electron chi connectivity index (χ1n) is 8.12. The number of carbonyl (C=O) groups excluding carboxylic acids is 1. The second kappa shape index (κ2) is 6.80. The number of aromatic nitrogens is 1. The topological polar surface area (TPSA) is 54.5 Å². The Kier molecular flexibility index (Phi) is 4.34. The van der Waals surface area contributed by atoms with Crippen molar-refractivity contribution in [3.05, 3.63) is 82.6 Å². The van der Waals surface area contributed by atoms with Crippen molar-refractivity contribution >= 4 is 33.2 Å². The van der Waals surface area contributed by atoms with E-state index in [1.807, 2.05) is 48.5 Å². The van der Waals surface area contributed by atoms with Gasteiger partial charge in [0.2, 0.25) is 0 Å². The zero-order valence-electron chi connectivity index (χ0n) is 14.0. The number of rotatable bonds is 4. The number of hydrogen-bond donors (Lipinski definition) is 1. The Bertz CT molecular complexity index is 959. The molecular weight excluding hydrogens is 394 g/mol. The summed E-state index contributed by atoms with van der Waals surface area (Å²) >= 11 is 3.44. The van der Waals surface area contributed by atoms with Crippen LogP contribution in [0.1, 0.15) is 22.2 Å². The number of halogens is 1. The summed E-state index contributed by atoms with van der Waals surface area (Å²) in [7, 11) is 1.61. The fraction of sp³-hybridized carbons (Fsp3) is 0.100. The van der Waals surface area contributed by atoms with Crippen LogP contribution in [0.4, 0.5) is 11.4 Å². The van der Waals surface area contributed by atoms with Crippen molar-refractivity contribution in [1.82, 2.24) is 4.98 Å². The maximum absolute atomic E-state index is 13.0. The summed E-state index contributed by atoms with van der Waals surface area (Å²) in [5, 5.41) is 3.42. The molecule has 130 valence electrons. The summed E-state index contributed by atoms with van der Waals surface area (Å²) in [4.78, 5) is 19.2. The summed E-state index contributed by atoms with van der Waals surface area (Å²) < 4.78 is 6.31. The van der Waals surface area contributed by atoms with Gasteiger partial charge in [-0.1, -0.05) is 22.0 Å². The average Bonchev–Trinajstić information content (AvgIpc) is 2.96. The second-order valence-corrected chi connectivity index (χ2v) is 6.78. The molecular formula is C20H16BrN3O2. The summed E-state index contributed by atoms with van der Waals surface area (Å²) in [5.74, 6) is 0.609. The Balaban J connectivity index is 1.77. The van der Waals surface area contributed by atoms with Gasteiger partial charge in [-0.3, -0.25) is 14.7 Å². The minimum absolute atomic E-state index is 0.0871. The van der Waals surface area contributed by atoms with Gasteiger partial charge in [0, 0.05) is 22.4 Å². The monoisotopic (exact) mass is 409 g/mol. The van der Waals surface area contributed by atoms with E-state index in [-0.39, 0.29) is 5.91 Å². The first-order valence-corrected chi connectivity index (χ1v) is 8.91. The lowest BCUT2D eigenvalue weighted by Crippen LogP contribution is -2.32. The minimum atomic E-state index is -0.396. The molecule has 1 aliphatic heterocycles. The van der Waals surface area contributed by atoms with Gasteiger partial charge < -0.3 is 10.1 Å². The molecule has 1 atom stereocenters. The fourth-order valence-corrected chi connectivity index (χ4v) is 3.31. The Morgan fingerprint density at radius 2 is 1.92 bits per heavy atom. The van der Waals surface area contributed by atoms with Crippen molar-refractivity contribution in [3.8, 4) is 5.75 Å². The van der Waals surface area contributed by atoms with Crippen LogP contribution in [0.15, 0.2) is 71.3 Å². The number of benzene rings is 2. The van der Waals surface area contributed by atoms with Gasteiger partial charge >= 0.3 is 0 Å². The number of nitrogens with zero attached hydrogens (tertiary/aromatic N) is 2. The van der Waals surface area contributed by atoms with E-state index in [0.717, 1.165) is 15.8 Å². The fourth-order valence-electron chi connectivity index (χ4n) is 3.05. The van der Waals surface area contributed by atoms with Crippen LogP contribution in [0.3, 0.4) is 0 Å². The van der Waals surface area contributed by atoms with Gasteiger partial charge in [-0.15, -0.1) is 0 Å². The number of hydrogen-bond acceptors (Lipinski definition) is 4. The quantitative estimate of drug-likeness (QED) is 0.682. The van der Waals surface area contributed by atoms with Gasteiger partial charge in [0.05, 0.1) is 24.1 Å². The predicted molar refractivity (Wildman–Crippen MR) is 105 cm³/mol. The smallest absolute Gasteiger partial charge is 0.262 e. The first-order chi connectivity index (χ1) is 12.7. The lowest BCUT2D eigenvalue weighted by Gasteiger charge is -2.26. The van der Waals surface area contributed by atoms with E-state index in [1.54, 1.807) is 30.3 Å². The van der Waals surface area contributed by atoms with E-state index in [0.29, 0.717) is 17.0 Å². The molecule has 2 aromatic carbocycles. The van der Waals surface area contributed by atoms with Crippen molar-refractivity contribution in [2.24, 2.45) is 0 Å². The van der Waals surface area contributed by atoms with Crippen molar-refractivity contribution < 1.29 is 9.53 Å². The van der Waals surface area contributed by atoms with Gasteiger partial charge in [0.1, 0.15) is 5.75 Å². The molecule has 3 aromatic rings. The van der Waals surface area contributed by atoms with Gasteiger partial charge in [-0.25, -0.2) is 0 Å². The Morgan fingerprint density at radius 3 is 2.69 bits per heavy atom. The first kappa shape index (κ1) is 16.6. The molecule has 0 radical (unpaired) electrons. The number of methoxy groups -OCH3 is 1. The molecule has 5 nitrogen and oxygen atoms in total. The highest BCUT2D eigenvalue weighted by Gasteiger charge is 2.39. The van der Waals surface area contributed by atoms with E-state index in [1.165, 1.54) is 0 Å². The van der Waals surface area contributed by atoms with Crippen LogP contribution in [0.25, 0.3) is 0 Å². The number of fused-ring (bicyclic) bond motifs is 1. The Morgan fingerprint density at radius 1 is 1.12 bits per heavy atom. The van der Waals surface area contributed by atoms with E-state index in [4.69, 9.17) is 4.74 Å². The maximum atomic E-state index is 13.0. The molecule has 1 aliphatic rings. The molecule has 0 saturated heterocycles. The number of carbonyl (C=O) groups is 1. The summed E-state index contributed by atoms with van der Waals surface area (Å²) in [6.45, 7) is 0. The van der Waals surface area contributed by atoms with Gasteiger partial charge in [-0.2, -0.15) is 0 Å². The molecule has 26 heavy (non-hydrogen) atoms. The Labute approximate surface area is 159 Å². The van der Waals surface area contributed by atoms with E-state index >= 15 is 0 Å². The normalized spacial score (nSPS) is 15.7. The van der Waals surface area contributed by atoms with Gasteiger partial charge in [0.15, 0.2) is 6.17 Å². The molecule has 0 bridgehead atoms. The molecule has 0 aliphatic carbocycles. The van der Waals surface area contributed by atoms with Crippen molar-refractivity contribution in [2.45, 2.75) is 6.17 Å². The van der Waals surface area contributed by atoms with Crippen LogP contribution < -0.4 is 15.0 Å². The van der Waals surface area contributed by atoms with E-state index in [9.17, 15) is 4.79 Å². The van der Waals surface area contributed by atoms with Crippen LogP contribution in [0.5, 0.6) is 5.75 Å². The number of pyridine rings is 1. The molecule has 6 heteroatoms. The van der Waals surface area contributed by atoms with Crippen LogP contribution in [-0.2, 0) is 0 Å². The standard InChI is InChI=1S/C20H16BrN3O2/c1-26-16-5-2-4-15(12-16)24-19(23-14-9-7-13(21)8-10-14)18-17(20(24)25)6-3-11-22-18/h2-12,19,23H,1H3/t19-/m0/s1. The predicted octanol–water partition coefficient (Wildman–Crippen LogP) is 4.62. The van der Waals surface area contributed by atoms with Gasteiger partial charge in [0.25, 0.3) is 5.91 Å². The highest BCUT2D eigenvalue weighted by molar-refractivity contribution is 9.10. The Hall–Kier alpha value is -2.86. The third-order valence-electron chi connectivity index (χ3n) is 4.28. The highest BCUT2D eigenvalue weighted by Crippen LogP contribution is 2.38. The summed E-state index contributed by atoms with van der Waals surface area (Å²) in [6.07, 6.45) is 1.31. The zero-order chi connectivity index (χ0) is 18.1. The van der Waals surface area contributed by atoms with Crippen molar-refractivity contribution in [2.75, 3.05) is 17.3 Å². The molecule has 4 rings (SSSR count). The van der Waals surface area contributed by atoms with Crippen LogP contribution in [0, 0.1) is 0 Å². The molecule has 1 N–H and O–H groups in total. The zero-order valence-corrected chi connectivity index (χ0v) is 15.6. The van der Waals surface area contributed by atoms with Crippen LogP contribution in [-0.4, -0.2) is 18.0 Å². The molecule has 0 spiro atoms. The number of anilines is 2. The van der Waals surface area contributed by atoms with Crippen molar-refractivity contribution in [3.63, 3.8) is 0 Å². The lowest BCUT2D eigenvalue weighted by molar-refractivity contribution is 0.0993. The van der Waals surface area contributed by atoms with Crippen LogP contribution >= 0.6 is 15.9 Å². The maximum Gasteiger partial charge on any atom is 0.262 e. The summed E-state index contributed by atoms with van der Waals surface area (Å²) in [5.41, 5.74) is 2.97. The molecule has 2 heterocycles. The molecule has 1 amide bonds. The number of ether oxygens (including phenoxy) is 1. The van der Waals surface area contributed by atoms with Gasteiger partial charge in [-0.05, 0) is 48.5 Å². The minimum Gasteiger partial charge on any atom is -0.497 e. The van der Waals surface area contributed by atoms with Crippen molar-refractivity contribution in [1.29, 1.82) is 0 Å². The molecule has 0 saturated carbocycles. The number of nitrogens with one attached hydrogen (secondary N) is 1. The third kappa shape index (κ3) is 2.93. The van der Waals surface area contributed by atoms with E-state index in [2.05, 4.69) is 26.2 Å². The van der Waals surface area contributed by atoms with E-state index < -0.39 is 6.17 Å². The summed E-state index contributed by atoms with van der Waals surface area (Å²) in [6, 6.07) is 18.9. The number of amides is 1. The SMILES string of the molecule is COc1cccc(N2C(=O)c3cccnc3[C@H]2Nc2ccc(Br)cc2)c1. The molecule has 0 fully saturated rings. The average molecular weight is 410 g/mol. The second-order valence-electron chi connectivity index (χ2n) is 5.87. The third-order valence-corrected chi connectivity index (χ3v) is 4.81. The lowest BCUT2D eigenvalue weighted by atomic mass is 10.2. The largest absolute Gasteiger partial charge is 0.497 e. The van der Waals surface area contributed by atoms with Crippen LogP contribution in [0.2, 0.25) is 0 Å². The highest BCUT2D eigenvalue weighted by atomic mass is 79.9. The molecule has 1 aromatic heterocycles.